The number of fused-ring (bicyclic) bond motifs is 1. The number of pyridine rings is 1. The number of rotatable bonds is 2. The van der Waals surface area contributed by atoms with Gasteiger partial charge in [0.1, 0.15) is 11.3 Å². The van der Waals surface area contributed by atoms with Gasteiger partial charge in [0.2, 0.25) is 0 Å². The fourth-order valence-electron chi connectivity index (χ4n) is 2.47. The van der Waals surface area contributed by atoms with E-state index in [1.165, 1.54) is 19.3 Å². The van der Waals surface area contributed by atoms with Crippen LogP contribution in [0.5, 0.6) is 0 Å². The largest absolute Gasteiger partial charge is 0.353 e. The van der Waals surface area contributed by atoms with Crippen LogP contribution < -0.4 is 4.90 Å². The van der Waals surface area contributed by atoms with E-state index in [-0.39, 0.29) is 0 Å². The predicted octanol–water partition coefficient (Wildman–Crippen LogP) is 2.78. The second-order valence-electron chi connectivity index (χ2n) is 4.57. The van der Waals surface area contributed by atoms with Crippen molar-refractivity contribution in [1.82, 2.24) is 15.0 Å². The normalized spacial score (nSPS) is 20.3. The number of hydrogen-bond acceptors (Lipinski definition) is 4. The molecule has 0 bridgehead atoms. The van der Waals surface area contributed by atoms with Crippen LogP contribution in [0.25, 0.3) is 11.2 Å². The molecule has 1 fully saturated rings. The summed E-state index contributed by atoms with van der Waals surface area (Å²) in [6.07, 6.45) is 7.17. The maximum Gasteiger partial charge on any atom is 0.180 e. The molecule has 3 heterocycles. The lowest BCUT2D eigenvalue weighted by Crippen LogP contribution is -2.41. The van der Waals surface area contributed by atoms with E-state index in [0.29, 0.717) is 6.04 Å². The summed E-state index contributed by atoms with van der Waals surface area (Å²) in [6, 6.07) is 4.60. The van der Waals surface area contributed by atoms with Gasteiger partial charge in [0.15, 0.2) is 5.65 Å². The van der Waals surface area contributed by atoms with Gasteiger partial charge in [-0.3, -0.25) is 4.98 Å². The van der Waals surface area contributed by atoms with Crippen LogP contribution in [0.4, 0.5) is 5.82 Å². The predicted molar refractivity (Wildman–Crippen MR) is 76.1 cm³/mol. The van der Waals surface area contributed by atoms with Crippen LogP contribution in [0.1, 0.15) is 19.3 Å². The number of nitrogens with zero attached hydrogens (tertiary/aromatic N) is 4. The first-order chi connectivity index (χ1) is 8.88. The highest BCUT2D eigenvalue weighted by molar-refractivity contribution is 9.09. The summed E-state index contributed by atoms with van der Waals surface area (Å²) in [6.45, 7) is 1.08. The number of alkyl halides is 1. The molecular weight excluding hydrogens is 292 g/mol. The Morgan fingerprint density at radius 3 is 3.00 bits per heavy atom. The number of piperidine rings is 1. The first kappa shape index (κ1) is 11.8. The summed E-state index contributed by atoms with van der Waals surface area (Å²) in [5, 5.41) is 0.993. The molecule has 1 aliphatic heterocycles. The van der Waals surface area contributed by atoms with Gasteiger partial charge >= 0.3 is 0 Å². The lowest BCUT2D eigenvalue weighted by atomic mass is 10.0. The molecule has 0 amide bonds. The van der Waals surface area contributed by atoms with Gasteiger partial charge in [-0.1, -0.05) is 15.9 Å². The van der Waals surface area contributed by atoms with Crippen LogP contribution in [0.15, 0.2) is 24.5 Å². The van der Waals surface area contributed by atoms with Crippen molar-refractivity contribution in [2.75, 3.05) is 16.8 Å². The lowest BCUT2D eigenvalue weighted by molar-refractivity contribution is 0.488. The van der Waals surface area contributed by atoms with E-state index >= 15 is 0 Å². The van der Waals surface area contributed by atoms with E-state index in [9.17, 15) is 0 Å². The van der Waals surface area contributed by atoms with Crippen LogP contribution in [0.2, 0.25) is 0 Å². The molecule has 0 radical (unpaired) electrons. The third kappa shape index (κ3) is 2.19. The zero-order valence-corrected chi connectivity index (χ0v) is 11.7. The quantitative estimate of drug-likeness (QED) is 0.800. The summed E-state index contributed by atoms with van der Waals surface area (Å²) in [5.41, 5.74) is 1.59. The van der Waals surface area contributed by atoms with Gasteiger partial charge in [-0.2, -0.15) is 0 Å². The Morgan fingerprint density at radius 2 is 2.11 bits per heavy atom. The third-order valence-electron chi connectivity index (χ3n) is 3.42. The number of halogens is 1. The Balaban J connectivity index is 1.97. The average Bonchev–Trinajstić information content (AvgIpc) is 2.46. The standard InChI is InChI=1S/C13H15BrN4/c14-9-10-3-1-2-8-18(10)12-5-4-11-13(17-12)16-7-6-15-11/h4-7,10H,1-3,8-9H2. The molecule has 1 aliphatic rings. The lowest BCUT2D eigenvalue weighted by Gasteiger charge is -2.35. The second-order valence-corrected chi connectivity index (χ2v) is 5.21. The Hall–Kier alpha value is -1.23. The van der Waals surface area contributed by atoms with Crippen LogP contribution in [0, 0.1) is 0 Å². The first-order valence-corrected chi connectivity index (χ1v) is 7.41. The second kappa shape index (κ2) is 5.18. The van der Waals surface area contributed by atoms with E-state index < -0.39 is 0 Å². The molecule has 5 heteroatoms. The smallest absolute Gasteiger partial charge is 0.180 e. The van der Waals surface area contributed by atoms with Crippen molar-refractivity contribution in [2.45, 2.75) is 25.3 Å². The first-order valence-electron chi connectivity index (χ1n) is 6.29. The van der Waals surface area contributed by atoms with Gasteiger partial charge in [0, 0.05) is 30.3 Å². The molecule has 94 valence electrons. The Kier molecular flexibility index (Phi) is 3.41. The highest BCUT2D eigenvalue weighted by Gasteiger charge is 2.22. The summed E-state index contributed by atoms with van der Waals surface area (Å²) in [4.78, 5) is 15.5. The zero-order valence-electron chi connectivity index (χ0n) is 10.1. The number of anilines is 1. The van der Waals surface area contributed by atoms with Crippen molar-refractivity contribution in [3.05, 3.63) is 24.5 Å². The number of hydrogen-bond donors (Lipinski definition) is 0. The molecule has 4 nitrogen and oxygen atoms in total. The van der Waals surface area contributed by atoms with Crippen molar-refractivity contribution in [2.24, 2.45) is 0 Å². The van der Waals surface area contributed by atoms with Gasteiger partial charge in [-0.05, 0) is 31.4 Å². The number of aromatic nitrogens is 3. The van der Waals surface area contributed by atoms with Crippen LogP contribution in [-0.4, -0.2) is 32.9 Å². The zero-order chi connectivity index (χ0) is 12.4. The minimum atomic E-state index is 0.542. The maximum absolute atomic E-state index is 4.63. The van der Waals surface area contributed by atoms with E-state index in [1.807, 2.05) is 6.07 Å². The maximum atomic E-state index is 4.63. The van der Waals surface area contributed by atoms with E-state index in [4.69, 9.17) is 0 Å². The average molecular weight is 307 g/mol. The highest BCUT2D eigenvalue weighted by Crippen LogP contribution is 2.25. The molecule has 0 aliphatic carbocycles. The van der Waals surface area contributed by atoms with Crippen molar-refractivity contribution >= 4 is 32.9 Å². The molecule has 1 atom stereocenters. The molecule has 0 saturated carbocycles. The van der Waals surface area contributed by atoms with Crippen molar-refractivity contribution in [3.63, 3.8) is 0 Å². The van der Waals surface area contributed by atoms with Gasteiger partial charge in [-0.25, -0.2) is 9.97 Å². The molecular formula is C13H15BrN4. The molecule has 1 saturated heterocycles. The third-order valence-corrected chi connectivity index (χ3v) is 4.16. The molecule has 2 aromatic heterocycles. The van der Waals surface area contributed by atoms with Crippen LogP contribution >= 0.6 is 15.9 Å². The summed E-state index contributed by atoms with van der Waals surface area (Å²) in [7, 11) is 0. The molecule has 18 heavy (non-hydrogen) atoms. The summed E-state index contributed by atoms with van der Waals surface area (Å²) >= 11 is 3.60. The van der Waals surface area contributed by atoms with Crippen LogP contribution in [-0.2, 0) is 0 Å². The monoisotopic (exact) mass is 306 g/mol. The van der Waals surface area contributed by atoms with E-state index in [1.54, 1.807) is 12.4 Å². The van der Waals surface area contributed by atoms with E-state index in [2.05, 4.69) is 41.8 Å². The Labute approximate surface area is 115 Å². The molecule has 3 rings (SSSR count). The van der Waals surface area contributed by atoms with Gasteiger partial charge in [0.05, 0.1) is 0 Å². The topological polar surface area (TPSA) is 41.9 Å². The highest BCUT2D eigenvalue weighted by atomic mass is 79.9. The fraction of sp³-hybridized carbons (Fsp3) is 0.462. The summed E-state index contributed by atoms with van der Waals surface area (Å²) < 4.78 is 0. The molecule has 0 N–H and O–H groups in total. The minimum Gasteiger partial charge on any atom is -0.353 e. The van der Waals surface area contributed by atoms with Crippen LogP contribution in [0.3, 0.4) is 0 Å². The Bertz CT molecular complexity index is 545. The molecule has 0 aromatic carbocycles. The summed E-state index contributed by atoms with van der Waals surface area (Å²) in [5.74, 6) is 1.02. The van der Waals surface area contributed by atoms with Gasteiger partial charge in [-0.15, -0.1) is 0 Å². The SMILES string of the molecule is BrCC1CCCCN1c1ccc2nccnc2n1. The van der Waals surface area contributed by atoms with Crippen molar-refractivity contribution < 1.29 is 0 Å². The Morgan fingerprint density at radius 1 is 1.22 bits per heavy atom. The minimum absolute atomic E-state index is 0.542. The van der Waals surface area contributed by atoms with Gasteiger partial charge < -0.3 is 4.90 Å². The van der Waals surface area contributed by atoms with Crippen molar-refractivity contribution in [1.29, 1.82) is 0 Å². The van der Waals surface area contributed by atoms with Crippen molar-refractivity contribution in [3.8, 4) is 0 Å². The molecule has 1 unspecified atom stereocenters. The van der Waals surface area contributed by atoms with Gasteiger partial charge in [0.25, 0.3) is 0 Å². The van der Waals surface area contributed by atoms with E-state index in [0.717, 1.165) is 28.9 Å². The fourth-order valence-corrected chi connectivity index (χ4v) is 3.14. The molecule has 0 spiro atoms. The molecule has 2 aromatic rings.